The van der Waals surface area contributed by atoms with Crippen LogP contribution in [-0.2, 0) is 14.3 Å². The highest BCUT2D eigenvalue weighted by atomic mass is 16.5. The van der Waals surface area contributed by atoms with Gasteiger partial charge in [0.15, 0.2) is 0 Å². The molecule has 0 saturated heterocycles. The summed E-state index contributed by atoms with van der Waals surface area (Å²) in [7, 11) is 0. The van der Waals surface area contributed by atoms with Crippen molar-refractivity contribution in [1.29, 1.82) is 0 Å². The minimum atomic E-state index is -0.968. The minimum absolute atomic E-state index is 0.0623. The summed E-state index contributed by atoms with van der Waals surface area (Å²) < 4.78 is 5.58. The molecular formula is C31H48O4. The molecule has 3 saturated carbocycles. The van der Waals surface area contributed by atoms with E-state index < -0.39 is 11.9 Å². The Bertz CT molecular complexity index is 835. The molecule has 0 bridgehead atoms. The van der Waals surface area contributed by atoms with Crippen LogP contribution in [0.2, 0.25) is 0 Å². The number of aliphatic carboxylic acids is 1. The summed E-state index contributed by atoms with van der Waals surface area (Å²) in [5.41, 5.74) is 4.35. The average Bonchev–Trinajstić information content (AvgIpc) is 3.15. The Morgan fingerprint density at radius 2 is 1.89 bits per heavy atom. The number of carboxylic acid groups (broad SMARTS) is 1. The summed E-state index contributed by atoms with van der Waals surface area (Å²) in [5, 5.41) is 8.79. The lowest BCUT2D eigenvalue weighted by Gasteiger charge is -2.44. The number of fused-ring (bicyclic) bond motifs is 1. The summed E-state index contributed by atoms with van der Waals surface area (Å²) >= 11 is 0. The van der Waals surface area contributed by atoms with Crippen LogP contribution < -0.4 is 0 Å². The molecule has 3 rings (SSSR count). The third-order valence-corrected chi connectivity index (χ3v) is 9.18. The molecule has 0 unspecified atom stereocenters. The maximum atomic E-state index is 12.0. The van der Waals surface area contributed by atoms with Crippen LogP contribution in [0, 0.1) is 29.1 Å². The van der Waals surface area contributed by atoms with E-state index in [0.29, 0.717) is 17.8 Å². The number of allylic oxidation sites excluding steroid dienone is 4. The van der Waals surface area contributed by atoms with Gasteiger partial charge in [-0.05, 0) is 79.6 Å². The van der Waals surface area contributed by atoms with Crippen molar-refractivity contribution in [2.24, 2.45) is 29.1 Å². The molecule has 3 fully saturated rings. The SMILES string of the molecule is C=C1CC[C@H](OC(=O)CCC(=O)O)C/C1=C/C=C1\CCC[C@]2(C)[C@@H]([C@H](C)CCCC(C)C)CC[C@@H]12. The van der Waals surface area contributed by atoms with Crippen molar-refractivity contribution in [3.05, 3.63) is 35.5 Å². The van der Waals surface area contributed by atoms with Crippen LogP contribution in [0.1, 0.15) is 111 Å². The smallest absolute Gasteiger partial charge is 0.306 e. The zero-order valence-corrected chi connectivity index (χ0v) is 22.6. The van der Waals surface area contributed by atoms with E-state index in [1.165, 1.54) is 56.9 Å². The van der Waals surface area contributed by atoms with Crippen molar-refractivity contribution in [3.63, 3.8) is 0 Å². The molecule has 0 aromatic heterocycles. The zero-order valence-electron chi connectivity index (χ0n) is 22.6. The fraction of sp³-hybridized carbons (Fsp3) is 0.742. The topological polar surface area (TPSA) is 63.6 Å². The van der Waals surface area contributed by atoms with Crippen molar-refractivity contribution < 1.29 is 19.4 Å². The minimum Gasteiger partial charge on any atom is -0.481 e. The fourth-order valence-electron chi connectivity index (χ4n) is 7.20. The average molecular weight is 485 g/mol. The molecular weight excluding hydrogens is 436 g/mol. The van der Waals surface area contributed by atoms with Crippen LogP contribution in [0.5, 0.6) is 0 Å². The van der Waals surface area contributed by atoms with Crippen LogP contribution in [0.3, 0.4) is 0 Å². The second kappa shape index (κ2) is 12.4. The Hall–Kier alpha value is -1.84. The van der Waals surface area contributed by atoms with E-state index in [1.54, 1.807) is 5.57 Å². The molecule has 196 valence electrons. The quantitative estimate of drug-likeness (QED) is 0.319. The third-order valence-electron chi connectivity index (χ3n) is 9.18. The number of hydrogen-bond donors (Lipinski definition) is 1. The maximum Gasteiger partial charge on any atom is 0.306 e. The van der Waals surface area contributed by atoms with E-state index in [9.17, 15) is 9.59 Å². The van der Waals surface area contributed by atoms with Gasteiger partial charge in [-0.15, -0.1) is 0 Å². The molecule has 35 heavy (non-hydrogen) atoms. The van der Waals surface area contributed by atoms with Crippen molar-refractivity contribution in [2.45, 2.75) is 117 Å². The van der Waals surface area contributed by atoms with Crippen molar-refractivity contribution in [1.82, 2.24) is 0 Å². The summed E-state index contributed by atoms with van der Waals surface area (Å²) in [4.78, 5) is 22.7. The molecule has 0 radical (unpaired) electrons. The number of carboxylic acids is 1. The highest BCUT2D eigenvalue weighted by Gasteiger charge is 2.50. The van der Waals surface area contributed by atoms with E-state index in [-0.39, 0.29) is 18.9 Å². The molecule has 0 amide bonds. The van der Waals surface area contributed by atoms with Gasteiger partial charge in [0.05, 0.1) is 12.8 Å². The second-order valence-corrected chi connectivity index (χ2v) is 12.2. The molecule has 0 aromatic rings. The van der Waals surface area contributed by atoms with Gasteiger partial charge in [-0.3, -0.25) is 9.59 Å². The van der Waals surface area contributed by atoms with Crippen LogP contribution in [0.25, 0.3) is 0 Å². The van der Waals surface area contributed by atoms with Crippen LogP contribution in [0.4, 0.5) is 0 Å². The number of rotatable bonds is 10. The summed E-state index contributed by atoms with van der Waals surface area (Å²) in [6.07, 6.45) is 17.0. The number of carbonyl (C=O) groups excluding carboxylic acids is 1. The van der Waals surface area contributed by atoms with E-state index >= 15 is 0 Å². The lowest BCUT2D eigenvalue weighted by molar-refractivity contribution is -0.152. The van der Waals surface area contributed by atoms with E-state index in [0.717, 1.165) is 36.2 Å². The van der Waals surface area contributed by atoms with Gasteiger partial charge >= 0.3 is 11.9 Å². The van der Waals surface area contributed by atoms with Gasteiger partial charge in [-0.2, -0.15) is 0 Å². The largest absolute Gasteiger partial charge is 0.481 e. The first-order chi connectivity index (χ1) is 16.6. The third kappa shape index (κ3) is 7.33. The fourth-order valence-corrected chi connectivity index (χ4v) is 7.20. The van der Waals surface area contributed by atoms with E-state index in [1.807, 2.05) is 0 Å². The van der Waals surface area contributed by atoms with E-state index in [2.05, 4.69) is 46.4 Å². The number of esters is 1. The van der Waals surface area contributed by atoms with Gasteiger partial charge in [-0.1, -0.05) is 76.8 Å². The number of carbonyl (C=O) groups is 2. The van der Waals surface area contributed by atoms with Gasteiger partial charge in [0.1, 0.15) is 6.10 Å². The van der Waals surface area contributed by atoms with E-state index in [4.69, 9.17) is 9.84 Å². The predicted molar refractivity (Wildman–Crippen MR) is 142 cm³/mol. The molecule has 4 nitrogen and oxygen atoms in total. The summed E-state index contributed by atoms with van der Waals surface area (Å²) in [6, 6.07) is 0. The molecule has 0 spiro atoms. The summed E-state index contributed by atoms with van der Waals surface area (Å²) in [6.45, 7) is 14.0. The molecule has 1 N–H and O–H groups in total. The van der Waals surface area contributed by atoms with Gasteiger partial charge in [-0.25, -0.2) is 0 Å². The van der Waals surface area contributed by atoms with Gasteiger partial charge < -0.3 is 9.84 Å². The van der Waals surface area contributed by atoms with Gasteiger partial charge in [0, 0.05) is 6.42 Å². The first-order valence-electron chi connectivity index (χ1n) is 14.1. The maximum absolute atomic E-state index is 12.0. The second-order valence-electron chi connectivity index (χ2n) is 12.2. The van der Waals surface area contributed by atoms with Crippen LogP contribution >= 0.6 is 0 Å². The molecule has 0 heterocycles. The first kappa shape index (κ1) is 27.7. The lowest BCUT2D eigenvalue weighted by atomic mass is 9.60. The number of hydrogen-bond acceptors (Lipinski definition) is 3. The molecule has 0 aromatic carbocycles. The Balaban J connectivity index is 1.64. The highest BCUT2D eigenvalue weighted by Crippen LogP contribution is 2.60. The Morgan fingerprint density at radius 1 is 1.11 bits per heavy atom. The highest BCUT2D eigenvalue weighted by molar-refractivity contribution is 5.76. The predicted octanol–water partition coefficient (Wildman–Crippen LogP) is 8.03. The molecule has 5 atom stereocenters. The van der Waals surface area contributed by atoms with Crippen molar-refractivity contribution in [3.8, 4) is 0 Å². The zero-order chi connectivity index (χ0) is 25.6. The van der Waals surface area contributed by atoms with Gasteiger partial charge in [0.25, 0.3) is 0 Å². The molecule has 3 aliphatic rings. The van der Waals surface area contributed by atoms with Gasteiger partial charge in [0.2, 0.25) is 0 Å². The molecule has 0 aliphatic heterocycles. The molecule has 4 heteroatoms. The Morgan fingerprint density at radius 3 is 2.60 bits per heavy atom. The number of ether oxygens (including phenoxy) is 1. The first-order valence-corrected chi connectivity index (χ1v) is 14.1. The van der Waals surface area contributed by atoms with Crippen LogP contribution in [0.15, 0.2) is 35.5 Å². The Labute approximate surface area is 213 Å². The Kier molecular flexibility index (Phi) is 9.84. The summed E-state index contributed by atoms with van der Waals surface area (Å²) in [5.74, 6) is 1.74. The van der Waals surface area contributed by atoms with Crippen molar-refractivity contribution in [2.75, 3.05) is 0 Å². The standard InChI is InChI=1S/C31H48O4/c1-21(2)8-6-9-23(4)27-15-16-28-24(10-7-19-31(27,28)5)12-13-25-20-26(14-11-22(25)3)35-30(34)18-17-29(32)33/h12-13,21,23,26-28H,3,6-11,14-20H2,1-2,4-5H3,(H,32,33)/b24-12+,25-13-/t23-,26+,27-,28+,31-/m1/s1. The van der Waals surface area contributed by atoms with Crippen LogP contribution in [-0.4, -0.2) is 23.1 Å². The normalized spacial score (nSPS) is 32.1. The van der Waals surface area contributed by atoms with Crippen molar-refractivity contribution >= 4 is 11.9 Å². The monoisotopic (exact) mass is 484 g/mol. The lowest BCUT2D eigenvalue weighted by Crippen LogP contribution is -2.36. The molecule has 3 aliphatic carbocycles.